The number of nitrogens with zero attached hydrogens (tertiary/aromatic N) is 4. The highest BCUT2D eigenvalue weighted by Crippen LogP contribution is 2.24. The van der Waals surface area contributed by atoms with Crippen LogP contribution >= 0.6 is 0 Å². The third-order valence-corrected chi connectivity index (χ3v) is 2.15. The summed E-state index contributed by atoms with van der Waals surface area (Å²) in [5.74, 6) is 0. The Bertz CT molecular complexity index is 400. The smallest absolute Gasteiger partial charge is 0.186 e. The highest BCUT2D eigenvalue weighted by Gasteiger charge is 2.26. The molecule has 0 saturated heterocycles. The van der Waals surface area contributed by atoms with E-state index in [1.54, 1.807) is 0 Å². The topological polar surface area (TPSA) is 95.0 Å². The molecule has 0 radical (unpaired) electrons. The van der Waals surface area contributed by atoms with Gasteiger partial charge >= 0.3 is 0 Å². The molecule has 0 aliphatic heterocycles. The second kappa shape index (κ2) is 4.60. The second-order valence-corrected chi connectivity index (χ2v) is 4.67. The maximum atomic E-state index is 9.36. The molecule has 0 spiro atoms. The highest BCUT2D eigenvalue weighted by molar-refractivity contribution is 5.30. The zero-order chi connectivity index (χ0) is 12.3. The van der Waals surface area contributed by atoms with Crippen molar-refractivity contribution < 1.29 is 10.2 Å². The Morgan fingerprint density at radius 1 is 1.50 bits per heavy atom. The standard InChI is InChI=1S/C10H16N4O2/c1-10(2,3)9-8(4-11)12-13-14(9)5-7(16)6-15/h7,15-16H,5-6H2,1-3H3. The first kappa shape index (κ1) is 12.6. The van der Waals surface area contributed by atoms with E-state index in [1.807, 2.05) is 26.8 Å². The first-order chi connectivity index (χ1) is 7.40. The van der Waals surface area contributed by atoms with Crippen molar-refractivity contribution in [2.24, 2.45) is 0 Å². The Labute approximate surface area is 94.1 Å². The lowest BCUT2D eigenvalue weighted by Gasteiger charge is -2.20. The minimum atomic E-state index is -0.894. The van der Waals surface area contributed by atoms with E-state index >= 15 is 0 Å². The van der Waals surface area contributed by atoms with E-state index < -0.39 is 6.10 Å². The molecular formula is C10H16N4O2. The van der Waals surface area contributed by atoms with Gasteiger partial charge in [-0.1, -0.05) is 26.0 Å². The van der Waals surface area contributed by atoms with Gasteiger partial charge in [0.05, 0.1) is 24.9 Å². The van der Waals surface area contributed by atoms with Gasteiger partial charge in [-0.2, -0.15) is 5.26 Å². The fourth-order valence-electron chi connectivity index (χ4n) is 1.52. The number of rotatable bonds is 3. The van der Waals surface area contributed by atoms with Crippen LogP contribution in [-0.2, 0) is 12.0 Å². The van der Waals surface area contributed by atoms with Gasteiger partial charge in [-0.05, 0) is 0 Å². The van der Waals surface area contributed by atoms with Crippen molar-refractivity contribution in [3.05, 3.63) is 11.4 Å². The molecule has 0 aromatic carbocycles. The number of aromatic nitrogens is 3. The molecule has 6 heteroatoms. The first-order valence-electron chi connectivity index (χ1n) is 5.03. The van der Waals surface area contributed by atoms with Gasteiger partial charge in [0.2, 0.25) is 0 Å². The van der Waals surface area contributed by atoms with Crippen molar-refractivity contribution in [3.8, 4) is 6.07 Å². The molecule has 0 saturated carbocycles. The lowest BCUT2D eigenvalue weighted by Crippen LogP contribution is -2.26. The van der Waals surface area contributed by atoms with Gasteiger partial charge in [0.1, 0.15) is 6.07 Å². The molecule has 1 rings (SSSR count). The van der Waals surface area contributed by atoms with Crippen LogP contribution in [0.2, 0.25) is 0 Å². The number of hydrogen-bond acceptors (Lipinski definition) is 5. The maximum absolute atomic E-state index is 9.36. The van der Waals surface area contributed by atoms with Crippen molar-refractivity contribution in [1.29, 1.82) is 5.26 Å². The second-order valence-electron chi connectivity index (χ2n) is 4.67. The third kappa shape index (κ3) is 2.56. The molecule has 16 heavy (non-hydrogen) atoms. The average Bonchev–Trinajstić information content (AvgIpc) is 2.60. The summed E-state index contributed by atoms with van der Waals surface area (Å²) in [6, 6.07) is 1.98. The molecule has 1 aromatic rings. The number of nitriles is 1. The fourth-order valence-corrected chi connectivity index (χ4v) is 1.52. The van der Waals surface area contributed by atoms with E-state index in [9.17, 15) is 5.11 Å². The number of aliphatic hydroxyl groups is 2. The maximum Gasteiger partial charge on any atom is 0.186 e. The highest BCUT2D eigenvalue weighted by atomic mass is 16.3. The van der Waals surface area contributed by atoms with Crippen LogP contribution in [0.3, 0.4) is 0 Å². The van der Waals surface area contributed by atoms with Crippen LogP contribution in [0.1, 0.15) is 32.2 Å². The van der Waals surface area contributed by atoms with Crippen LogP contribution in [0.4, 0.5) is 0 Å². The van der Waals surface area contributed by atoms with Gasteiger partial charge in [-0.25, -0.2) is 4.68 Å². The van der Waals surface area contributed by atoms with Gasteiger partial charge in [0, 0.05) is 5.41 Å². The van der Waals surface area contributed by atoms with Gasteiger partial charge < -0.3 is 10.2 Å². The van der Waals surface area contributed by atoms with E-state index in [4.69, 9.17) is 10.4 Å². The molecule has 0 aliphatic carbocycles. The molecule has 1 atom stereocenters. The van der Waals surface area contributed by atoms with Crippen molar-refractivity contribution in [2.45, 2.75) is 38.8 Å². The number of hydrogen-bond donors (Lipinski definition) is 2. The molecule has 1 unspecified atom stereocenters. The van der Waals surface area contributed by atoms with Gasteiger partial charge in [-0.15, -0.1) is 5.10 Å². The van der Waals surface area contributed by atoms with Crippen LogP contribution in [0, 0.1) is 11.3 Å². The van der Waals surface area contributed by atoms with E-state index in [1.165, 1.54) is 4.68 Å². The summed E-state index contributed by atoms with van der Waals surface area (Å²) in [4.78, 5) is 0. The summed E-state index contributed by atoms with van der Waals surface area (Å²) in [6.07, 6.45) is -0.894. The summed E-state index contributed by atoms with van der Waals surface area (Å²) >= 11 is 0. The molecule has 1 heterocycles. The minimum absolute atomic E-state index is 0.137. The predicted molar refractivity (Wildman–Crippen MR) is 56.5 cm³/mol. The Morgan fingerprint density at radius 3 is 2.56 bits per heavy atom. The van der Waals surface area contributed by atoms with E-state index in [2.05, 4.69) is 10.3 Å². The lowest BCUT2D eigenvalue weighted by atomic mass is 9.90. The number of aliphatic hydroxyl groups excluding tert-OH is 2. The zero-order valence-corrected chi connectivity index (χ0v) is 9.67. The summed E-state index contributed by atoms with van der Waals surface area (Å²) < 4.78 is 1.47. The first-order valence-corrected chi connectivity index (χ1v) is 5.03. The molecule has 0 amide bonds. The van der Waals surface area contributed by atoms with Gasteiger partial charge in [0.25, 0.3) is 0 Å². The monoisotopic (exact) mass is 224 g/mol. The van der Waals surface area contributed by atoms with Crippen LogP contribution < -0.4 is 0 Å². The van der Waals surface area contributed by atoms with Crippen molar-refractivity contribution in [3.63, 3.8) is 0 Å². The molecule has 1 aromatic heterocycles. The normalized spacial score (nSPS) is 13.5. The van der Waals surface area contributed by atoms with Crippen LogP contribution in [0.5, 0.6) is 0 Å². The molecule has 6 nitrogen and oxygen atoms in total. The van der Waals surface area contributed by atoms with Crippen LogP contribution in [0.25, 0.3) is 0 Å². The Balaban J connectivity index is 3.12. The molecule has 0 bridgehead atoms. The quantitative estimate of drug-likeness (QED) is 0.741. The third-order valence-electron chi connectivity index (χ3n) is 2.15. The van der Waals surface area contributed by atoms with Crippen molar-refractivity contribution in [2.75, 3.05) is 6.61 Å². The Morgan fingerprint density at radius 2 is 2.12 bits per heavy atom. The summed E-state index contributed by atoms with van der Waals surface area (Å²) in [5.41, 5.74) is 0.643. The molecule has 88 valence electrons. The van der Waals surface area contributed by atoms with E-state index in [0.29, 0.717) is 5.69 Å². The molecule has 0 fully saturated rings. The van der Waals surface area contributed by atoms with Crippen LogP contribution in [-0.4, -0.2) is 37.9 Å². The summed E-state index contributed by atoms with van der Waals surface area (Å²) in [7, 11) is 0. The van der Waals surface area contributed by atoms with E-state index in [-0.39, 0.29) is 24.3 Å². The van der Waals surface area contributed by atoms with Crippen LogP contribution in [0.15, 0.2) is 0 Å². The SMILES string of the molecule is CC(C)(C)c1c(C#N)nnn1CC(O)CO. The summed E-state index contributed by atoms with van der Waals surface area (Å²) in [5, 5.41) is 34.6. The minimum Gasteiger partial charge on any atom is -0.394 e. The predicted octanol–water partition coefficient (Wildman–Crippen LogP) is -0.200. The largest absolute Gasteiger partial charge is 0.394 e. The Kier molecular flexibility index (Phi) is 3.62. The van der Waals surface area contributed by atoms with Gasteiger partial charge in [0.15, 0.2) is 5.69 Å². The average molecular weight is 224 g/mol. The molecule has 2 N–H and O–H groups in total. The summed E-state index contributed by atoms with van der Waals surface area (Å²) in [6.45, 7) is 5.61. The molecule has 0 aliphatic rings. The lowest BCUT2D eigenvalue weighted by molar-refractivity contribution is 0.0763. The molecular weight excluding hydrogens is 208 g/mol. The van der Waals surface area contributed by atoms with Crippen molar-refractivity contribution >= 4 is 0 Å². The Hall–Kier alpha value is -1.45. The van der Waals surface area contributed by atoms with Crippen molar-refractivity contribution in [1.82, 2.24) is 15.0 Å². The fraction of sp³-hybridized carbons (Fsp3) is 0.700. The van der Waals surface area contributed by atoms with Gasteiger partial charge in [-0.3, -0.25) is 0 Å². The zero-order valence-electron chi connectivity index (χ0n) is 9.67. The van der Waals surface area contributed by atoms with E-state index in [0.717, 1.165) is 0 Å².